The molecule has 0 fully saturated rings. The topological polar surface area (TPSA) is 48.8 Å². The molecule has 98 valence electrons. The summed E-state index contributed by atoms with van der Waals surface area (Å²) >= 11 is 12.0. The Morgan fingerprint density at radius 3 is 2.67 bits per heavy atom. The monoisotopic (exact) mass is 306 g/mol. The zero-order valence-electron chi connectivity index (χ0n) is 9.49. The van der Waals surface area contributed by atoms with Crippen LogP contribution in [0.4, 0.5) is 0 Å². The summed E-state index contributed by atoms with van der Waals surface area (Å²) in [5.41, 5.74) is 3.51. The summed E-state index contributed by atoms with van der Waals surface area (Å²) in [6, 6.07) is 5.33. The maximum Gasteiger partial charge on any atom is 0.212 e. The fourth-order valence-corrected chi connectivity index (χ4v) is 1.89. The van der Waals surface area contributed by atoms with Gasteiger partial charge < -0.3 is 5.32 Å². The quantitative estimate of drug-likeness (QED) is 0.652. The Balaban J connectivity index is 0.00000162. The van der Waals surface area contributed by atoms with Gasteiger partial charge in [0.05, 0.1) is 16.3 Å². The number of nitrogens with zero attached hydrogens (tertiary/aromatic N) is 2. The van der Waals surface area contributed by atoms with Crippen LogP contribution in [0, 0.1) is 0 Å². The maximum absolute atomic E-state index is 6.00. The van der Waals surface area contributed by atoms with Crippen LogP contribution >= 0.6 is 35.6 Å². The van der Waals surface area contributed by atoms with Crippen LogP contribution in [-0.2, 0) is 0 Å². The molecule has 2 N–H and O–H groups in total. The summed E-state index contributed by atoms with van der Waals surface area (Å²) < 4.78 is 0. The Kier molecular flexibility index (Phi) is 6.25. The molecule has 0 aromatic heterocycles. The zero-order valence-corrected chi connectivity index (χ0v) is 11.8. The number of benzene rings is 1. The molecule has 1 aromatic carbocycles. The van der Waals surface area contributed by atoms with Crippen molar-refractivity contribution < 1.29 is 0 Å². The van der Waals surface area contributed by atoms with Crippen molar-refractivity contribution in [2.75, 3.05) is 13.1 Å². The molecule has 0 spiro atoms. The molecular formula is C11H13Cl3N4. The third kappa shape index (κ3) is 4.05. The second-order valence-corrected chi connectivity index (χ2v) is 4.33. The van der Waals surface area contributed by atoms with E-state index in [1.807, 2.05) is 0 Å². The number of rotatable bonds is 2. The molecule has 0 saturated carbocycles. The highest BCUT2D eigenvalue weighted by atomic mass is 35.5. The summed E-state index contributed by atoms with van der Waals surface area (Å²) in [6.45, 7) is 1.73. The van der Waals surface area contributed by atoms with Crippen molar-refractivity contribution in [2.24, 2.45) is 10.1 Å². The van der Waals surface area contributed by atoms with Crippen molar-refractivity contribution in [2.45, 2.75) is 6.42 Å². The van der Waals surface area contributed by atoms with Crippen LogP contribution < -0.4 is 10.7 Å². The normalized spacial score (nSPS) is 14.7. The van der Waals surface area contributed by atoms with E-state index in [0.717, 1.165) is 19.5 Å². The zero-order chi connectivity index (χ0) is 12.1. The lowest BCUT2D eigenvalue weighted by atomic mass is 10.2. The molecule has 0 amide bonds. The number of hydrogen-bond acceptors (Lipinski definition) is 4. The Labute approximate surface area is 122 Å². The van der Waals surface area contributed by atoms with Crippen molar-refractivity contribution in [3.63, 3.8) is 0 Å². The van der Waals surface area contributed by atoms with Gasteiger partial charge in [0.2, 0.25) is 5.96 Å². The molecule has 4 nitrogen and oxygen atoms in total. The van der Waals surface area contributed by atoms with Gasteiger partial charge in [-0.1, -0.05) is 29.3 Å². The Morgan fingerprint density at radius 1 is 1.33 bits per heavy atom. The first-order valence-electron chi connectivity index (χ1n) is 5.29. The first-order valence-corrected chi connectivity index (χ1v) is 6.04. The second kappa shape index (κ2) is 7.46. The van der Waals surface area contributed by atoms with Crippen molar-refractivity contribution >= 4 is 47.8 Å². The Morgan fingerprint density at radius 2 is 2.06 bits per heavy atom. The number of halogens is 3. The number of hydrazone groups is 1. The van der Waals surface area contributed by atoms with E-state index in [0.29, 0.717) is 21.6 Å². The molecular weight excluding hydrogens is 295 g/mol. The third-order valence-corrected chi connectivity index (χ3v) is 2.92. The molecule has 0 atom stereocenters. The minimum absolute atomic E-state index is 0. The third-order valence-electron chi connectivity index (χ3n) is 2.26. The van der Waals surface area contributed by atoms with Crippen molar-refractivity contribution in [1.82, 2.24) is 10.7 Å². The standard InChI is InChI=1S/C11H12Cl2N4.ClH/c12-9-3-1-4-10(13)8(9)7-16-17-11-14-5-2-6-15-11;/h1,3-4,7H,2,5-6H2,(H2,14,15,17);1H/b16-7+;. The molecule has 0 unspecified atom stereocenters. The lowest BCUT2D eigenvalue weighted by Crippen LogP contribution is -2.38. The van der Waals surface area contributed by atoms with Crippen molar-refractivity contribution in [3.8, 4) is 0 Å². The first-order chi connectivity index (χ1) is 8.27. The van der Waals surface area contributed by atoms with Crippen LogP contribution in [0.25, 0.3) is 0 Å². The van der Waals surface area contributed by atoms with Gasteiger partial charge in [0.15, 0.2) is 0 Å². The van der Waals surface area contributed by atoms with Gasteiger partial charge >= 0.3 is 0 Å². The molecule has 1 aliphatic heterocycles. The van der Waals surface area contributed by atoms with E-state index in [4.69, 9.17) is 23.2 Å². The largest absolute Gasteiger partial charge is 0.355 e. The van der Waals surface area contributed by atoms with Crippen molar-refractivity contribution in [3.05, 3.63) is 33.8 Å². The smallest absolute Gasteiger partial charge is 0.212 e. The summed E-state index contributed by atoms with van der Waals surface area (Å²) in [7, 11) is 0. The van der Waals surface area contributed by atoms with E-state index in [9.17, 15) is 0 Å². The molecule has 1 aromatic rings. The van der Waals surface area contributed by atoms with Crippen LogP contribution in [0.2, 0.25) is 10.0 Å². The number of guanidine groups is 1. The maximum atomic E-state index is 6.00. The molecule has 0 radical (unpaired) electrons. The average molecular weight is 308 g/mol. The van der Waals surface area contributed by atoms with E-state index in [2.05, 4.69) is 20.8 Å². The molecule has 1 aliphatic rings. The molecule has 18 heavy (non-hydrogen) atoms. The summed E-state index contributed by atoms with van der Waals surface area (Å²) in [5, 5.41) is 8.29. The van der Waals surface area contributed by atoms with Crippen molar-refractivity contribution in [1.29, 1.82) is 0 Å². The summed E-state index contributed by atoms with van der Waals surface area (Å²) in [5.74, 6) is 0.677. The van der Waals surface area contributed by atoms with Gasteiger partial charge in [0.25, 0.3) is 0 Å². The number of hydrogen-bond donors (Lipinski definition) is 2. The molecule has 1 heterocycles. The predicted octanol–water partition coefficient (Wildman–Crippen LogP) is 2.69. The fraction of sp³-hybridized carbons (Fsp3) is 0.273. The van der Waals surface area contributed by atoms with E-state index in [1.54, 1.807) is 24.4 Å². The van der Waals surface area contributed by atoms with Crippen LogP contribution in [0.15, 0.2) is 28.3 Å². The van der Waals surface area contributed by atoms with E-state index in [1.165, 1.54) is 0 Å². The molecule has 0 aliphatic carbocycles. The van der Waals surface area contributed by atoms with Gasteiger partial charge in [0.1, 0.15) is 0 Å². The second-order valence-electron chi connectivity index (χ2n) is 3.52. The summed E-state index contributed by atoms with van der Waals surface area (Å²) in [4.78, 5) is 4.22. The molecule has 2 rings (SSSR count). The molecule has 0 saturated heterocycles. The van der Waals surface area contributed by atoms with E-state index < -0.39 is 0 Å². The predicted molar refractivity (Wildman–Crippen MR) is 79.4 cm³/mol. The van der Waals surface area contributed by atoms with E-state index >= 15 is 0 Å². The highest BCUT2D eigenvalue weighted by molar-refractivity contribution is 6.38. The van der Waals surface area contributed by atoms with Crippen LogP contribution in [0.5, 0.6) is 0 Å². The Bertz CT molecular complexity index is 439. The van der Waals surface area contributed by atoms with Gasteiger partial charge in [-0.05, 0) is 18.6 Å². The Hall–Kier alpha value is -0.970. The molecule has 7 heteroatoms. The lowest BCUT2D eigenvalue weighted by molar-refractivity contribution is 0.712. The minimum atomic E-state index is 0. The minimum Gasteiger partial charge on any atom is -0.355 e. The first kappa shape index (κ1) is 15.1. The van der Waals surface area contributed by atoms with Crippen LogP contribution in [-0.4, -0.2) is 25.3 Å². The SMILES string of the molecule is Cl.Clc1cccc(Cl)c1/C=N/NC1=NCCCN1. The average Bonchev–Trinajstić information content (AvgIpc) is 2.34. The fourth-order valence-electron chi connectivity index (χ4n) is 1.40. The van der Waals surface area contributed by atoms with Gasteiger partial charge in [-0.3, -0.25) is 4.99 Å². The molecule has 0 bridgehead atoms. The summed E-state index contributed by atoms with van der Waals surface area (Å²) in [6.07, 6.45) is 2.63. The van der Waals surface area contributed by atoms with Gasteiger partial charge in [-0.15, -0.1) is 12.4 Å². The van der Waals surface area contributed by atoms with E-state index in [-0.39, 0.29) is 12.4 Å². The van der Waals surface area contributed by atoms with Crippen LogP contribution in [0.1, 0.15) is 12.0 Å². The van der Waals surface area contributed by atoms with Gasteiger partial charge in [-0.25, -0.2) is 5.43 Å². The number of aliphatic imine (C=N–C) groups is 1. The highest BCUT2D eigenvalue weighted by Gasteiger charge is 2.03. The lowest BCUT2D eigenvalue weighted by Gasteiger charge is -2.12. The van der Waals surface area contributed by atoms with Crippen LogP contribution in [0.3, 0.4) is 0 Å². The van der Waals surface area contributed by atoms with Gasteiger partial charge in [0, 0.05) is 18.7 Å². The van der Waals surface area contributed by atoms with Gasteiger partial charge in [-0.2, -0.15) is 5.10 Å². The number of nitrogens with one attached hydrogen (secondary N) is 2. The highest BCUT2D eigenvalue weighted by Crippen LogP contribution is 2.21.